The molecule has 0 aliphatic rings. The number of nitrogens with zero attached hydrogens (tertiary/aromatic N) is 2. The van der Waals surface area contributed by atoms with Crippen molar-refractivity contribution in [1.82, 2.24) is 20.6 Å². The molecule has 0 atom stereocenters. The summed E-state index contributed by atoms with van der Waals surface area (Å²) < 4.78 is 0. The van der Waals surface area contributed by atoms with Crippen LogP contribution >= 0.6 is 0 Å². The number of hydrogen-bond donors (Lipinski definition) is 8. The molecule has 0 aromatic carbocycles. The number of amidine groups is 2. The van der Waals surface area contributed by atoms with Crippen LogP contribution in [0.15, 0.2) is 34.5 Å². The van der Waals surface area contributed by atoms with E-state index in [0.29, 0.717) is 11.1 Å². The quantitative estimate of drug-likeness (QED) is 0.108. The Bertz CT molecular complexity index is 1200. The number of carbonyl (C=O) groups is 4. The number of carboxylic acids is 4. The van der Waals surface area contributed by atoms with E-state index in [1.54, 1.807) is 0 Å². The van der Waals surface area contributed by atoms with Crippen LogP contribution < -0.4 is 20.8 Å². The minimum atomic E-state index is -1.25. The second-order valence-electron chi connectivity index (χ2n) is 9.83. The van der Waals surface area contributed by atoms with Crippen molar-refractivity contribution in [2.24, 2.45) is 9.98 Å². The maximum atomic E-state index is 10.5. The van der Waals surface area contributed by atoms with Gasteiger partial charge in [-0.15, -0.1) is 0 Å². The summed E-state index contributed by atoms with van der Waals surface area (Å²) in [4.78, 5) is 54.3. The largest absolute Gasteiger partial charge is 2.00 e. The molecule has 0 bridgehead atoms. The van der Waals surface area contributed by atoms with E-state index < -0.39 is 23.9 Å². The Hall–Kier alpha value is -4.76. The molecule has 2 aromatic rings. The minimum absolute atomic E-state index is 0. The number of carbonyl (C=O) groups excluding carboxylic acids is 2. The van der Waals surface area contributed by atoms with Crippen molar-refractivity contribution in [3.63, 3.8) is 0 Å². The first-order chi connectivity index (χ1) is 20.4. The van der Waals surface area contributed by atoms with Crippen molar-refractivity contribution in [2.75, 3.05) is 0 Å². The summed E-state index contributed by atoms with van der Waals surface area (Å²) in [6.45, 7) is 14.6. The van der Waals surface area contributed by atoms with E-state index in [1.807, 2.05) is 55.4 Å². The van der Waals surface area contributed by atoms with Gasteiger partial charge in [-0.25, -0.2) is 9.59 Å². The van der Waals surface area contributed by atoms with Crippen molar-refractivity contribution in [3.8, 4) is 0 Å². The predicted molar refractivity (Wildman–Crippen MR) is 163 cm³/mol. The molecule has 8 N–H and O–H groups in total. The van der Waals surface area contributed by atoms with Gasteiger partial charge >= 0.3 is 29.0 Å². The molecule has 45 heavy (non-hydrogen) atoms. The number of aromatic amines is 2. The first-order valence-corrected chi connectivity index (χ1v) is 13.3. The summed E-state index contributed by atoms with van der Waals surface area (Å²) in [5, 5.41) is 56.8. The number of aromatic nitrogens is 2. The molecule has 0 aliphatic heterocycles. The van der Waals surface area contributed by atoms with Gasteiger partial charge in [0.05, 0.1) is 0 Å². The molecule has 0 aliphatic carbocycles. The Kier molecular flexibility index (Phi) is 23.5. The number of aromatic carboxylic acids is 2. The van der Waals surface area contributed by atoms with Crippen molar-refractivity contribution in [1.29, 1.82) is 10.8 Å². The molecule has 0 unspecified atom stereocenters. The molecule has 253 valence electrons. The molecule has 1 radical (unpaired) electrons. The van der Waals surface area contributed by atoms with E-state index in [1.165, 1.54) is 24.5 Å². The second-order valence-corrected chi connectivity index (χ2v) is 9.83. The fourth-order valence-corrected chi connectivity index (χ4v) is 2.73. The Morgan fingerprint density at radius 1 is 0.711 bits per heavy atom. The smallest absolute Gasteiger partial charge is 0.542 e. The Balaban J connectivity index is -0.000000520. The fraction of sp³-hybridized carbons (Fsp3) is 0.429. The third-order valence-corrected chi connectivity index (χ3v) is 4.31. The Morgan fingerprint density at radius 3 is 1.16 bits per heavy atom. The van der Waals surface area contributed by atoms with Crippen molar-refractivity contribution >= 4 is 48.0 Å². The van der Waals surface area contributed by atoms with Crippen LogP contribution in [0.5, 0.6) is 0 Å². The maximum Gasteiger partial charge on any atom is 2.00 e. The zero-order valence-electron chi connectivity index (χ0n) is 26.3. The van der Waals surface area contributed by atoms with E-state index in [9.17, 15) is 29.4 Å². The third kappa shape index (κ3) is 20.7. The molecular formula is C28H42CuN8O8. The molecule has 2 aromatic heterocycles. The van der Waals surface area contributed by atoms with Gasteiger partial charge in [-0.3, -0.25) is 9.98 Å². The number of nitrogens with one attached hydrogen (secondary N) is 6. The average molecular weight is 682 g/mol. The van der Waals surface area contributed by atoms with Crippen LogP contribution in [0, 0.1) is 10.8 Å². The molecule has 16 nitrogen and oxygen atoms in total. The van der Waals surface area contributed by atoms with Crippen LogP contribution in [0.1, 0.15) is 87.5 Å². The summed E-state index contributed by atoms with van der Waals surface area (Å²) in [5.41, 5.74) is 0.921. The summed E-state index contributed by atoms with van der Waals surface area (Å²) in [5.74, 6) is -4.72. The number of hydrogen-bond acceptors (Lipinski definition) is 10. The average Bonchev–Trinajstić information content (AvgIpc) is 3.57. The van der Waals surface area contributed by atoms with Crippen LogP contribution in [0.2, 0.25) is 0 Å². The molecule has 2 rings (SSSR count). The first kappa shape index (κ1) is 44.7. The minimum Gasteiger partial charge on any atom is -0.542 e. The molecule has 0 saturated carbocycles. The van der Waals surface area contributed by atoms with Gasteiger partial charge in [-0.05, 0) is 67.5 Å². The number of aliphatic carboxylic acids is 2. The molecule has 0 saturated heterocycles. The second kappa shape index (κ2) is 23.7. The number of H-pyrrole nitrogens is 2. The molecule has 17 heteroatoms. The van der Waals surface area contributed by atoms with Gasteiger partial charge in [0.15, 0.2) is 0 Å². The molecular weight excluding hydrogens is 640 g/mol. The predicted octanol–water partition coefficient (Wildman–Crippen LogP) is 0.501. The van der Waals surface area contributed by atoms with Crippen molar-refractivity contribution < 1.29 is 56.7 Å². The van der Waals surface area contributed by atoms with Gasteiger partial charge in [0, 0.05) is 60.1 Å². The number of carboxylic acid groups (broad SMARTS) is 4. The van der Waals surface area contributed by atoms with Gasteiger partial charge in [0.1, 0.15) is 35.0 Å². The van der Waals surface area contributed by atoms with Gasteiger partial charge in [0.25, 0.3) is 0 Å². The summed E-state index contributed by atoms with van der Waals surface area (Å²) >= 11 is 0. The molecule has 0 amide bonds. The summed E-state index contributed by atoms with van der Waals surface area (Å²) in [7, 11) is 0. The normalized spacial score (nSPS) is 10.7. The van der Waals surface area contributed by atoms with Crippen LogP contribution in [0.25, 0.3) is 0 Å². The number of aliphatic imine (C=N–C) groups is 2. The first-order valence-electron chi connectivity index (χ1n) is 13.3. The monoisotopic (exact) mass is 681 g/mol. The van der Waals surface area contributed by atoms with E-state index in [0.717, 1.165) is 12.4 Å². The summed E-state index contributed by atoms with van der Waals surface area (Å²) in [6, 6.07) is 3.11. The van der Waals surface area contributed by atoms with E-state index in [-0.39, 0.29) is 64.3 Å². The summed E-state index contributed by atoms with van der Waals surface area (Å²) in [6.07, 6.45) is 4.98. The van der Waals surface area contributed by atoms with Gasteiger partial charge < -0.3 is 61.4 Å². The van der Waals surface area contributed by atoms with Gasteiger partial charge in [0.2, 0.25) is 0 Å². The SMILES string of the molecule is CC(C)N=C(NC(C)C)C(=O)[O-].CC(C)N=C(NC(C)C)C(=O)[O-].N=Cc1cc[nH]c1C(=O)O.N=Cc1cc[nH]c1C(=O)O.[Cu+2]. The van der Waals surface area contributed by atoms with Crippen LogP contribution in [-0.2, 0) is 26.7 Å². The zero-order valence-corrected chi connectivity index (χ0v) is 27.3. The molecule has 0 spiro atoms. The topological polar surface area (TPSA) is 283 Å². The Labute approximate surface area is 272 Å². The van der Waals surface area contributed by atoms with E-state index in [2.05, 4.69) is 30.6 Å². The number of rotatable bonds is 8. The fourth-order valence-electron chi connectivity index (χ4n) is 2.73. The standard InChI is InChI=1S/2C8H16N2O2.2C6H6N2O2.Cu/c2*1-5(2)9-7(8(11)12)10-6(3)4;2*7-3-4-1-2-8-5(4)6(9)10;/h2*5-6H,1-4H3,(H,9,10)(H,11,12);2*1-3,7-8H,(H,9,10);/q;;;;+2/p-2. The maximum absolute atomic E-state index is 10.5. The zero-order chi connectivity index (χ0) is 34.6. The van der Waals surface area contributed by atoms with Crippen molar-refractivity contribution in [3.05, 3.63) is 47.0 Å². The third-order valence-electron chi connectivity index (χ3n) is 4.31. The van der Waals surface area contributed by atoms with E-state index >= 15 is 0 Å². The van der Waals surface area contributed by atoms with Crippen LogP contribution in [0.4, 0.5) is 0 Å². The van der Waals surface area contributed by atoms with Crippen LogP contribution in [-0.4, -0.2) is 92.3 Å². The molecule has 0 fully saturated rings. The van der Waals surface area contributed by atoms with Gasteiger partial charge in [-0.1, -0.05) is 0 Å². The Morgan fingerprint density at radius 2 is 1.00 bits per heavy atom. The van der Waals surface area contributed by atoms with Crippen LogP contribution in [0.3, 0.4) is 0 Å². The molecule has 2 heterocycles. The van der Waals surface area contributed by atoms with Crippen molar-refractivity contribution in [2.45, 2.75) is 79.6 Å². The van der Waals surface area contributed by atoms with E-state index in [4.69, 9.17) is 21.0 Å². The van der Waals surface area contributed by atoms with Gasteiger partial charge in [-0.2, -0.15) is 0 Å².